The SMILES string of the molecule is Br.CCC(C)OC(=O)C(C)C. The quantitative estimate of drug-likeness (QED) is 0.690. The predicted molar refractivity (Wildman–Crippen MR) is 51.0 cm³/mol. The normalized spacial score (nSPS) is 12.1. The number of carbonyl (C=O) groups is 1. The van der Waals surface area contributed by atoms with Gasteiger partial charge in [0.2, 0.25) is 0 Å². The van der Waals surface area contributed by atoms with Crippen LogP contribution in [-0.4, -0.2) is 12.1 Å². The summed E-state index contributed by atoms with van der Waals surface area (Å²) in [6, 6.07) is 0. The Morgan fingerprint density at radius 2 is 1.82 bits per heavy atom. The third-order valence-corrected chi connectivity index (χ3v) is 1.36. The summed E-state index contributed by atoms with van der Waals surface area (Å²) in [5.74, 6) is -0.108. The summed E-state index contributed by atoms with van der Waals surface area (Å²) in [5.41, 5.74) is 0. The molecule has 0 aliphatic heterocycles. The van der Waals surface area contributed by atoms with Crippen LogP contribution in [0.2, 0.25) is 0 Å². The number of halogens is 1. The summed E-state index contributed by atoms with van der Waals surface area (Å²) < 4.78 is 5.02. The first-order valence-corrected chi connectivity index (χ1v) is 3.78. The van der Waals surface area contributed by atoms with Crippen molar-refractivity contribution in [1.82, 2.24) is 0 Å². The van der Waals surface area contributed by atoms with Crippen LogP contribution in [0.3, 0.4) is 0 Å². The van der Waals surface area contributed by atoms with Gasteiger partial charge in [0.05, 0.1) is 12.0 Å². The maximum absolute atomic E-state index is 10.9. The van der Waals surface area contributed by atoms with E-state index in [1.54, 1.807) is 0 Å². The molecule has 0 saturated carbocycles. The summed E-state index contributed by atoms with van der Waals surface area (Å²) >= 11 is 0. The standard InChI is InChI=1S/C8H16O2.BrH/c1-5-7(4)10-8(9)6(2)3;/h6-7H,5H2,1-4H3;1H. The van der Waals surface area contributed by atoms with E-state index in [2.05, 4.69) is 0 Å². The van der Waals surface area contributed by atoms with Crippen LogP contribution in [-0.2, 0) is 9.53 Å². The van der Waals surface area contributed by atoms with Gasteiger partial charge in [-0.2, -0.15) is 0 Å². The first-order valence-electron chi connectivity index (χ1n) is 3.78. The highest BCUT2D eigenvalue weighted by Crippen LogP contribution is 2.02. The van der Waals surface area contributed by atoms with Gasteiger partial charge in [-0.1, -0.05) is 20.8 Å². The van der Waals surface area contributed by atoms with Crippen molar-refractivity contribution in [1.29, 1.82) is 0 Å². The first-order chi connectivity index (χ1) is 4.57. The molecule has 0 N–H and O–H groups in total. The molecule has 0 aliphatic carbocycles. The van der Waals surface area contributed by atoms with E-state index in [0.717, 1.165) is 6.42 Å². The van der Waals surface area contributed by atoms with Crippen molar-refractivity contribution in [2.45, 2.75) is 40.2 Å². The fraction of sp³-hybridized carbons (Fsp3) is 0.875. The number of hydrogen-bond acceptors (Lipinski definition) is 2. The molecule has 0 aromatic rings. The summed E-state index contributed by atoms with van der Waals surface area (Å²) in [5, 5.41) is 0. The minimum Gasteiger partial charge on any atom is -0.462 e. The van der Waals surface area contributed by atoms with Crippen LogP contribution < -0.4 is 0 Å². The predicted octanol–water partition coefficient (Wildman–Crippen LogP) is 2.56. The van der Waals surface area contributed by atoms with Gasteiger partial charge in [-0.15, -0.1) is 17.0 Å². The van der Waals surface area contributed by atoms with Crippen molar-refractivity contribution >= 4 is 23.0 Å². The highest BCUT2D eigenvalue weighted by atomic mass is 79.9. The topological polar surface area (TPSA) is 26.3 Å². The number of ether oxygens (including phenoxy) is 1. The second kappa shape index (κ2) is 6.65. The van der Waals surface area contributed by atoms with Gasteiger partial charge in [0.15, 0.2) is 0 Å². The molecule has 0 saturated heterocycles. The molecule has 0 heterocycles. The molecule has 0 amide bonds. The molecule has 2 nitrogen and oxygen atoms in total. The Hall–Kier alpha value is -0.0500. The molecule has 68 valence electrons. The molecule has 0 fully saturated rings. The number of carbonyl (C=O) groups excluding carboxylic acids is 1. The molecule has 0 aromatic carbocycles. The third kappa shape index (κ3) is 6.35. The average Bonchev–Trinajstić information content (AvgIpc) is 1.87. The van der Waals surface area contributed by atoms with E-state index in [9.17, 15) is 4.79 Å². The zero-order chi connectivity index (χ0) is 8.15. The van der Waals surface area contributed by atoms with E-state index < -0.39 is 0 Å². The van der Waals surface area contributed by atoms with Crippen LogP contribution in [0.1, 0.15) is 34.1 Å². The van der Waals surface area contributed by atoms with Gasteiger partial charge in [0, 0.05) is 0 Å². The Balaban J connectivity index is 0. The number of hydrogen-bond donors (Lipinski definition) is 0. The highest BCUT2D eigenvalue weighted by Gasteiger charge is 2.10. The van der Waals surface area contributed by atoms with E-state index in [1.165, 1.54) is 0 Å². The first kappa shape index (κ1) is 13.5. The van der Waals surface area contributed by atoms with Crippen LogP contribution in [0.4, 0.5) is 0 Å². The summed E-state index contributed by atoms with van der Waals surface area (Å²) in [6.07, 6.45) is 0.952. The summed E-state index contributed by atoms with van der Waals surface area (Å²) in [4.78, 5) is 10.9. The van der Waals surface area contributed by atoms with Crippen molar-refractivity contribution in [3.8, 4) is 0 Å². The van der Waals surface area contributed by atoms with Crippen molar-refractivity contribution in [3.05, 3.63) is 0 Å². The van der Waals surface area contributed by atoms with E-state index in [0.29, 0.717) is 0 Å². The Bertz CT molecular complexity index is 113. The maximum Gasteiger partial charge on any atom is 0.308 e. The Labute approximate surface area is 79.1 Å². The smallest absolute Gasteiger partial charge is 0.308 e. The van der Waals surface area contributed by atoms with Gasteiger partial charge in [-0.3, -0.25) is 4.79 Å². The Morgan fingerprint density at radius 1 is 1.36 bits per heavy atom. The van der Waals surface area contributed by atoms with Crippen LogP contribution in [0.5, 0.6) is 0 Å². The second-order valence-electron chi connectivity index (χ2n) is 2.81. The van der Waals surface area contributed by atoms with Gasteiger partial charge in [0.25, 0.3) is 0 Å². The summed E-state index contributed by atoms with van der Waals surface area (Å²) in [7, 11) is 0. The lowest BCUT2D eigenvalue weighted by Crippen LogP contribution is -2.18. The monoisotopic (exact) mass is 224 g/mol. The van der Waals surface area contributed by atoms with Crippen LogP contribution in [0.25, 0.3) is 0 Å². The lowest BCUT2D eigenvalue weighted by Gasteiger charge is -2.11. The minimum atomic E-state index is -0.102. The molecule has 0 aliphatic rings. The van der Waals surface area contributed by atoms with Crippen LogP contribution in [0, 0.1) is 5.92 Å². The van der Waals surface area contributed by atoms with Crippen molar-refractivity contribution in [3.63, 3.8) is 0 Å². The zero-order valence-corrected chi connectivity index (χ0v) is 9.30. The summed E-state index contributed by atoms with van der Waals surface area (Å²) in [6.45, 7) is 7.58. The van der Waals surface area contributed by atoms with Gasteiger partial charge >= 0.3 is 5.97 Å². The van der Waals surface area contributed by atoms with Gasteiger partial charge < -0.3 is 4.74 Å². The number of rotatable bonds is 3. The van der Waals surface area contributed by atoms with E-state index in [-0.39, 0.29) is 35.0 Å². The molecule has 0 radical (unpaired) electrons. The van der Waals surface area contributed by atoms with Gasteiger partial charge in [-0.25, -0.2) is 0 Å². The molecular formula is C8H17BrO2. The van der Waals surface area contributed by atoms with E-state index in [1.807, 2.05) is 27.7 Å². The number of esters is 1. The molecule has 3 heteroatoms. The highest BCUT2D eigenvalue weighted by molar-refractivity contribution is 8.93. The fourth-order valence-electron chi connectivity index (χ4n) is 0.418. The minimum absolute atomic E-state index is 0. The Kier molecular flexibility index (Phi) is 8.18. The lowest BCUT2D eigenvalue weighted by molar-refractivity contribution is -0.152. The molecular weight excluding hydrogens is 208 g/mol. The molecule has 0 aromatic heterocycles. The molecule has 1 atom stereocenters. The maximum atomic E-state index is 10.9. The van der Waals surface area contributed by atoms with Gasteiger partial charge in [0.1, 0.15) is 0 Å². The average molecular weight is 225 g/mol. The molecule has 1 unspecified atom stereocenters. The van der Waals surface area contributed by atoms with E-state index in [4.69, 9.17) is 4.74 Å². The lowest BCUT2D eigenvalue weighted by atomic mass is 10.2. The third-order valence-electron chi connectivity index (χ3n) is 1.36. The van der Waals surface area contributed by atoms with E-state index >= 15 is 0 Å². The van der Waals surface area contributed by atoms with Crippen molar-refractivity contribution < 1.29 is 9.53 Å². The second-order valence-corrected chi connectivity index (χ2v) is 2.81. The molecule has 0 rings (SSSR count). The van der Waals surface area contributed by atoms with Crippen molar-refractivity contribution in [2.75, 3.05) is 0 Å². The van der Waals surface area contributed by atoms with Crippen molar-refractivity contribution in [2.24, 2.45) is 5.92 Å². The Morgan fingerprint density at radius 3 is 2.09 bits per heavy atom. The molecule has 11 heavy (non-hydrogen) atoms. The van der Waals surface area contributed by atoms with Crippen LogP contribution >= 0.6 is 17.0 Å². The van der Waals surface area contributed by atoms with Crippen LogP contribution in [0.15, 0.2) is 0 Å². The van der Waals surface area contributed by atoms with Gasteiger partial charge in [-0.05, 0) is 13.3 Å². The fourth-order valence-corrected chi connectivity index (χ4v) is 0.418. The molecule has 0 bridgehead atoms. The largest absolute Gasteiger partial charge is 0.462 e. The zero-order valence-electron chi connectivity index (χ0n) is 7.59. The molecule has 0 spiro atoms.